The quantitative estimate of drug-likeness (QED) is 0.503. The molecule has 0 fully saturated rings. The first-order valence-corrected chi connectivity index (χ1v) is 9.17. The average Bonchev–Trinajstić information content (AvgIpc) is 3.14. The number of amides is 2. The molecule has 0 unspecified atom stereocenters. The molecule has 2 amide bonds. The lowest BCUT2D eigenvalue weighted by atomic mass is 10.1. The number of benzene rings is 1. The van der Waals surface area contributed by atoms with E-state index in [2.05, 4.69) is 22.9 Å². The molecular formula is C20H22N4O4. The first kappa shape index (κ1) is 19.3. The van der Waals surface area contributed by atoms with E-state index < -0.39 is 11.8 Å². The minimum atomic E-state index is -0.602. The van der Waals surface area contributed by atoms with Gasteiger partial charge in [0.05, 0.1) is 17.2 Å². The molecule has 8 nitrogen and oxygen atoms in total. The Balaban J connectivity index is 1.87. The zero-order chi connectivity index (χ0) is 20.1. The van der Waals surface area contributed by atoms with Crippen LogP contribution in [0.2, 0.25) is 0 Å². The molecular weight excluding hydrogens is 360 g/mol. The van der Waals surface area contributed by atoms with Gasteiger partial charge in [-0.1, -0.05) is 38.0 Å². The summed E-state index contributed by atoms with van der Waals surface area (Å²) in [7, 11) is 0. The second kappa shape index (κ2) is 8.51. The number of carbonyl (C=O) groups excluding carboxylic acids is 2. The summed E-state index contributed by atoms with van der Waals surface area (Å²) in [6, 6.07) is 8.32. The molecule has 0 saturated carbocycles. The summed E-state index contributed by atoms with van der Waals surface area (Å²) >= 11 is 0. The molecule has 2 aromatic heterocycles. The number of hydrogen-bond donors (Lipinski definition) is 2. The number of hydrogen-bond acceptors (Lipinski definition) is 5. The van der Waals surface area contributed by atoms with Gasteiger partial charge in [-0.2, -0.15) is 5.10 Å². The van der Waals surface area contributed by atoms with Gasteiger partial charge in [0.25, 0.3) is 17.4 Å². The molecule has 0 spiro atoms. The lowest BCUT2D eigenvalue weighted by Gasteiger charge is -2.11. The monoisotopic (exact) mass is 382 g/mol. The van der Waals surface area contributed by atoms with E-state index in [1.165, 1.54) is 17.0 Å². The molecule has 0 aliphatic heterocycles. The largest absolute Gasteiger partial charge is 0.469 e. The standard InChI is InChI=1S/C20H22N4O4/c1-3-4-7-11-24-20(27)16-9-6-5-8-15(16)17(23-24)19(26)22-21-18(25)14-10-12-28-13(14)2/h5-6,8-10,12H,3-4,7,11H2,1-2H3,(H,21,25)(H,22,26). The van der Waals surface area contributed by atoms with Crippen LogP contribution < -0.4 is 16.4 Å². The Morgan fingerprint density at radius 3 is 2.46 bits per heavy atom. The number of fused-ring (bicyclic) bond motifs is 1. The highest BCUT2D eigenvalue weighted by molar-refractivity contribution is 6.06. The van der Waals surface area contributed by atoms with E-state index in [4.69, 9.17) is 4.42 Å². The van der Waals surface area contributed by atoms with Gasteiger partial charge in [-0.05, 0) is 25.5 Å². The Labute approximate surface area is 161 Å². The maximum Gasteiger partial charge on any atom is 0.290 e. The van der Waals surface area contributed by atoms with Crippen LogP contribution in [0.3, 0.4) is 0 Å². The van der Waals surface area contributed by atoms with Gasteiger partial charge in [0.2, 0.25) is 0 Å². The highest BCUT2D eigenvalue weighted by Crippen LogP contribution is 2.13. The van der Waals surface area contributed by atoms with Crippen LogP contribution in [-0.4, -0.2) is 21.6 Å². The van der Waals surface area contributed by atoms with Crippen molar-refractivity contribution in [3.63, 3.8) is 0 Å². The van der Waals surface area contributed by atoms with Crippen molar-refractivity contribution in [1.82, 2.24) is 20.6 Å². The predicted molar refractivity (Wildman–Crippen MR) is 104 cm³/mol. The van der Waals surface area contributed by atoms with Crippen molar-refractivity contribution in [2.24, 2.45) is 0 Å². The Kier molecular flexibility index (Phi) is 5.88. The van der Waals surface area contributed by atoms with Crippen molar-refractivity contribution in [3.05, 3.63) is 64.0 Å². The lowest BCUT2D eigenvalue weighted by molar-refractivity contribution is 0.0842. The maximum absolute atomic E-state index is 12.7. The fourth-order valence-electron chi connectivity index (χ4n) is 2.93. The van der Waals surface area contributed by atoms with Crippen molar-refractivity contribution < 1.29 is 14.0 Å². The molecule has 1 aromatic carbocycles. The number of nitrogens with one attached hydrogen (secondary N) is 2. The topological polar surface area (TPSA) is 106 Å². The molecule has 2 heterocycles. The van der Waals surface area contributed by atoms with Crippen molar-refractivity contribution in [1.29, 1.82) is 0 Å². The van der Waals surface area contributed by atoms with Crippen molar-refractivity contribution >= 4 is 22.6 Å². The van der Waals surface area contributed by atoms with Crippen LogP contribution in [0.5, 0.6) is 0 Å². The Morgan fingerprint density at radius 2 is 1.79 bits per heavy atom. The molecule has 28 heavy (non-hydrogen) atoms. The van der Waals surface area contributed by atoms with Gasteiger partial charge in [-0.25, -0.2) is 4.68 Å². The third kappa shape index (κ3) is 3.95. The summed E-state index contributed by atoms with van der Waals surface area (Å²) in [4.78, 5) is 37.5. The van der Waals surface area contributed by atoms with Crippen molar-refractivity contribution in [2.45, 2.75) is 39.7 Å². The first-order chi connectivity index (χ1) is 13.5. The van der Waals surface area contributed by atoms with E-state index in [1.807, 2.05) is 0 Å². The molecule has 0 aliphatic carbocycles. The van der Waals surface area contributed by atoms with Gasteiger partial charge in [0.1, 0.15) is 5.76 Å². The zero-order valence-corrected chi connectivity index (χ0v) is 15.8. The fourth-order valence-corrected chi connectivity index (χ4v) is 2.93. The van der Waals surface area contributed by atoms with Crippen LogP contribution in [0.4, 0.5) is 0 Å². The Bertz CT molecular complexity index is 1070. The van der Waals surface area contributed by atoms with Crippen LogP contribution in [0.15, 0.2) is 45.8 Å². The van der Waals surface area contributed by atoms with Crippen LogP contribution in [0.1, 0.15) is 52.8 Å². The van der Waals surface area contributed by atoms with Crippen molar-refractivity contribution in [3.8, 4) is 0 Å². The first-order valence-electron chi connectivity index (χ1n) is 9.17. The average molecular weight is 382 g/mol. The van der Waals surface area contributed by atoms with Gasteiger partial charge < -0.3 is 4.42 Å². The number of carbonyl (C=O) groups is 2. The molecule has 0 bridgehead atoms. The summed E-state index contributed by atoms with van der Waals surface area (Å²) < 4.78 is 6.40. The lowest BCUT2D eigenvalue weighted by Crippen LogP contribution is -2.43. The molecule has 146 valence electrons. The SMILES string of the molecule is CCCCCn1nc(C(=O)NNC(=O)c2ccoc2C)c2ccccc2c1=O. The molecule has 0 radical (unpaired) electrons. The normalized spacial score (nSPS) is 10.8. The van der Waals surface area contributed by atoms with Gasteiger partial charge in [0, 0.05) is 11.9 Å². The van der Waals surface area contributed by atoms with E-state index in [0.717, 1.165) is 19.3 Å². The van der Waals surface area contributed by atoms with E-state index >= 15 is 0 Å². The van der Waals surface area contributed by atoms with Crippen LogP contribution in [-0.2, 0) is 6.54 Å². The summed E-state index contributed by atoms with van der Waals surface area (Å²) in [5.74, 6) is -0.657. The van der Waals surface area contributed by atoms with E-state index in [9.17, 15) is 14.4 Å². The Morgan fingerprint density at radius 1 is 1.07 bits per heavy atom. The molecule has 2 N–H and O–H groups in total. The summed E-state index contributed by atoms with van der Waals surface area (Å²) in [5.41, 5.74) is 4.88. The third-order valence-corrected chi connectivity index (χ3v) is 4.45. The zero-order valence-electron chi connectivity index (χ0n) is 15.8. The molecule has 0 atom stereocenters. The van der Waals surface area contributed by atoms with E-state index in [0.29, 0.717) is 28.6 Å². The number of rotatable bonds is 6. The maximum atomic E-state index is 12.7. The highest BCUT2D eigenvalue weighted by atomic mass is 16.3. The third-order valence-electron chi connectivity index (χ3n) is 4.45. The number of unbranched alkanes of at least 4 members (excludes halogenated alkanes) is 2. The van der Waals surface area contributed by atoms with Gasteiger partial charge >= 0.3 is 0 Å². The number of nitrogens with zero attached hydrogens (tertiary/aromatic N) is 2. The van der Waals surface area contributed by atoms with E-state index in [1.54, 1.807) is 31.2 Å². The van der Waals surface area contributed by atoms with Gasteiger partial charge in [-0.3, -0.25) is 25.2 Å². The highest BCUT2D eigenvalue weighted by Gasteiger charge is 2.18. The summed E-state index contributed by atoms with van der Waals surface area (Å²) in [6.45, 7) is 4.15. The second-order valence-electron chi connectivity index (χ2n) is 6.43. The van der Waals surface area contributed by atoms with Crippen molar-refractivity contribution in [2.75, 3.05) is 0 Å². The smallest absolute Gasteiger partial charge is 0.290 e. The molecule has 0 aliphatic rings. The fraction of sp³-hybridized carbons (Fsp3) is 0.300. The van der Waals surface area contributed by atoms with Gasteiger partial charge in [-0.15, -0.1) is 0 Å². The molecule has 8 heteroatoms. The van der Waals surface area contributed by atoms with E-state index in [-0.39, 0.29) is 11.3 Å². The number of furan rings is 1. The number of aryl methyl sites for hydroxylation is 2. The number of hydrazine groups is 1. The summed E-state index contributed by atoms with van der Waals surface area (Å²) in [5, 5.41) is 5.10. The summed E-state index contributed by atoms with van der Waals surface area (Å²) in [6.07, 6.45) is 4.16. The van der Waals surface area contributed by atoms with Gasteiger partial charge in [0.15, 0.2) is 5.69 Å². The van der Waals surface area contributed by atoms with Crippen LogP contribution in [0, 0.1) is 6.92 Å². The predicted octanol–water partition coefficient (Wildman–Crippen LogP) is 2.56. The minimum Gasteiger partial charge on any atom is -0.469 e. The second-order valence-corrected chi connectivity index (χ2v) is 6.43. The number of aromatic nitrogens is 2. The van der Waals surface area contributed by atoms with Crippen LogP contribution >= 0.6 is 0 Å². The molecule has 3 aromatic rings. The molecule has 0 saturated heterocycles. The van der Waals surface area contributed by atoms with Crippen LogP contribution in [0.25, 0.3) is 10.8 Å². The minimum absolute atomic E-state index is 0.0796. The molecule has 3 rings (SSSR count). The Hall–Kier alpha value is -3.42.